The average molecular weight is 642 g/mol. The number of benzene rings is 8. The van der Waals surface area contributed by atoms with Gasteiger partial charge in [0.2, 0.25) is 0 Å². The van der Waals surface area contributed by atoms with Gasteiger partial charge in [-0.1, -0.05) is 164 Å². The number of hydrogen-bond acceptors (Lipinski definition) is 3. The molecule has 0 saturated carbocycles. The van der Waals surface area contributed by atoms with Crippen molar-refractivity contribution in [3.8, 4) is 67.5 Å². The predicted octanol–water partition coefficient (Wildman–Crippen LogP) is 12.2. The van der Waals surface area contributed by atoms with E-state index in [0.29, 0.717) is 17.2 Å². The molecule has 0 aliphatic rings. The quantitative estimate of drug-likeness (QED) is 0.181. The minimum Gasteiger partial charge on any atom is -0.208 e. The number of rotatable bonds is 6. The van der Waals surface area contributed by atoms with E-state index in [-0.39, 0.29) is 41.1 Å². The second kappa shape index (κ2) is 12.7. The molecule has 0 aliphatic carbocycles. The lowest BCUT2D eigenvalue weighted by Crippen LogP contribution is -2.01. The lowest BCUT2D eigenvalue weighted by atomic mass is 9.97. The van der Waals surface area contributed by atoms with Gasteiger partial charge in [0.05, 0.1) is 5.48 Å². The van der Waals surface area contributed by atoms with Crippen molar-refractivity contribution >= 4 is 21.5 Å². The highest BCUT2D eigenvalue weighted by Gasteiger charge is 2.15. The van der Waals surface area contributed by atoms with Crippen molar-refractivity contribution < 1.29 is 5.48 Å². The minimum atomic E-state index is -0.296. The van der Waals surface area contributed by atoms with Crippen molar-refractivity contribution in [1.82, 2.24) is 15.0 Å². The van der Waals surface area contributed by atoms with Gasteiger partial charge >= 0.3 is 0 Å². The number of hydrogen-bond donors (Lipinski definition) is 0. The number of aromatic nitrogens is 3. The van der Waals surface area contributed by atoms with E-state index in [9.17, 15) is 1.37 Å². The summed E-state index contributed by atoms with van der Waals surface area (Å²) in [5.41, 5.74) is 6.71. The third-order valence-electron chi connectivity index (χ3n) is 8.98. The first kappa shape index (κ1) is 25.3. The molecule has 0 radical (unpaired) electrons. The third kappa shape index (κ3) is 5.72. The second-order valence-electron chi connectivity index (χ2n) is 12.2. The summed E-state index contributed by atoms with van der Waals surface area (Å²) < 4.78 is 36.6. The summed E-state index contributed by atoms with van der Waals surface area (Å²) in [4.78, 5) is 14.9. The fraction of sp³-hybridized carbons (Fsp3) is 0. The van der Waals surface area contributed by atoms with Crippen LogP contribution in [0.2, 0.25) is 0 Å². The van der Waals surface area contributed by atoms with Crippen LogP contribution in [0.4, 0.5) is 0 Å². The normalized spacial score (nSPS) is 12.3. The van der Waals surface area contributed by atoms with Gasteiger partial charge in [-0.2, -0.15) is 0 Å². The van der Waals surface area contributed by atoms with Crippen LogP contribution in [-0.4, -0.2) is 15.0 Å². The van der Waals surface area contributed by atoms with Crippen LogP contribution in [0.5, 0.6) is 0 Å². The van der Waals surface area contributed by atoms with Gasteiger partial charge in [-0.25, -0.2) is 15.0 Å². The van der Waals surface area contributed by atoms with Crippen LogP contribution in [0.25, 0.3) is 89.1 Å². The highest BCUT2D eigenvalue weighted by Crippen LogP contribution is 2.33. The average Bonchev–Trinajstić information content (AvgIpc) is 3.23. The first-order chi connectivity index (χ1) is 26.4. The Balaban J connectivity index is 1.24. The summed E-state index contributed by atoms with van der Waals surface area (Å²) in [7, 11) is 0. The molecule has 0 saturated heterocycles. The third-order valence-corrected chi connectivity index (χ3v) is 8.98. The Morgan fingerprint density at radius 2 is 0.860 bits per heavy atom. The van der Waals surface area contributed by atoms with Gasteiger partial charge in [-0.05, 0) is 79.2 Å². The minimum absolute atomic E-state index is 0.0786. The van der Waals surface area contributed by atoms with Gasteiger partial charge in [0, 0.05) is 16.7 Å². The smallest absolute Gasteiger partial charge is 0.164 e. The molecular weight excluding hydrogens is 607 g/mol. The Labute approximate surface area is 296 Å². The van der Waals surface area contributed by atoms with Crippen LogP contribution in [0.3, 0.4) is 0 Å². The lowest BCUT2D eigenvalue weighted by Gasteiger charge is -2.12. The van der Waals surface area contributed by atoms with Crippen LogP contribution in [0, 0.1) is 0 Å². The Bertz CT molecular complexity index is 2870. The molecule has 3 heteroatoms. The lowest BCUT2D eigenvalue weighted by molar-refractivity contribution is 1.08. The van der Waals surface area contributed by atoms with Gasteiger partial charge in [-0.3, -0.25) is 0 Å². The molecular formula is C47H31N3. The maximum atomic E-state index is 9.56. The zero-order chi connectivity index (χ0) is 36.8. The van der Waals surface area contributed by atoms with Crippen molar-refractivity contribution in [2.45, 2.75) is 0 Å². The largest absolute Gasteiger partial charge is 0.208 e. The fourth-order valence-corrected chi connectivity index (χ4v) is 6.44. The van der Waals surface area contributed by atoms with E-state index < -0.39 is 0 Å². The van der Waals surface area contributed by atoms with E-state index in [1.54, 1.807) is 0 Å². The molecule has 0 amide bonds. The van der Waals surface area contributed by atoms with Crippen LogP contribution >= 0.6 is 0 Å². The van der Waals surface area contributed by atoms with E-state index in [0.717, 1.165) is 54.9 Å². The Morgan fingerprint density at radius 3 is 1.60 bits per heavy atom. The molecule has 234 valence electrons. The van der Waals surface area contributed by atoms with Crippen LogP contribution in [0.15, 0.2) is 188 Å². The molecule has 0 fully saturated rings. The Morgan fingerprint density at radius 1 is 0.340 bits per heavy atom. The Hall–Kier alpha value is -6.71. The summed E-state index contributed by atoms with van der Waals surface area (Å²) in [6.45, 7) is 0. The van der Waals surface area contributed by atoms with Crippen molar-refractivity contribution in [3.63, 3.8) is 0 Å². The van der Waals surface area contributed by atoms with Gasteiger partial charge in [0.1, 0.15) is 0 Å². The topological polar surface area (TPSA) is 38.7 Å². The molecule has 9 rings (SSSR count). The highest BCUT2D eigenvalue weighted by atomic mass is 15.0. The molecule has 1 aromatic heterocycles. The fourth-order valence-electron chi connectivity index (χ4n) is 6.44. The van der Waals surface area contributed by atoms with Gasteiger partial charge in [0.15, 0.2) is 17.5 Å². The maximum absolute atomic E-state index is 9.56. The first-order valence-corrected chi connectivity index (χ1v) is 16.5. The molecule has 0 N–H and O–H groups in total. The molecule has 3 nitrogen and oxygen atoms in total. The molecule has 0 unspecified atom stereocenters. The van der Waals surface area contributed by atoms with Gasteiger partial charge in [-0.15, -0.1) is 0 Å². The molecule has 50 heavy (non-hydrogen) atoms. The first-order valence-electron chi connectivity index (χ1n) is 18.5. The van der Waals surface area contributed by atoms with E-state index in [4.69, 9.17) is 19.1 Å². The SMILES string of the molecule is [2H]c1c([2H])c(-c2ccc3cc(-c4ccccc4)ccc3c2)c([2H])c(-c2nc(-c3cccc(-c4ccccc4)c3)nc(-c3cccc4ccccc34)n2)c1[2H]. The predicted molar refractivity (Wildman–Crippen MR) is 207 cm³/mol. The molecule has 8 aromatic carbocycles. The summed E-state index contributed by atoms with van der Waals surface area (Å²) >= 11 is 0. The van der Waals surface area contributed by atoms with Crippen LogP contribution in [0.1, 0.15) is 5.48 Å². The highest BCUT2D eigenvalue weighted by molar-refractivity contribution is 5.95. The molecule has 1 heterocycles. The zero-order valence-corrected chi connectivity index (χ0v) is 26.9. The van der Waals surface area contributed by atoms with E-state index in [2.05, 4.69) is 24.3 Å². The van der Waals surface area contributed by atoms with Crippen molar-refractivity contribution in [1.29, 1.82) is 0 Å². The molecule has 0 spiro atoms. The monoisotopic (exact) mass is 641 g/mol. The molecule has 9 aromatic rings. The number of nitrogens with zero attached hydrogens (tertiary/aromatic N) is 3. The second-order valence-corrected chi connectivity index (χ2v) is 12.2. The van der Waals surface area contributed by atoms with Crippen LogP contribution < -0.4 is 0 Å². The summed E-state index contributed by atoms with van der Waals surface area (Å²) in [5, 5.41) is 3.93. The molecule has 0 atom stereocenters. The van der Waals surface area contributed by atoms with E-state index in [1.807, 2.05) is 140 Å². The van der Waals surface area contributed by atoms with Crippen LogP contribution in [-0.2, 0) is 0 Å². The van der Waals surface area contributed by atoms with Crippen molar-refractivity contribution in [2.75, 3.05) is 0 Å². The zero-order valence-electron chi connectivity index (χ0n) is 30.9. The molecule has 0 bridgehead atoms. The van der Waals surface area contributed by atoms with E-state index >= 15 is 0 Å². The summed E-state index contributed by atoms with van der Waals surface area (Å²) in [6.07, 6.45) is 0. The van der Waals surface area contributed by atoms with Gasteiger partial charge < -0.3 is 0 Å². The Kier molecular flexibility index (Phi) is 6.44. The van der Waals surface area contributed by atoms with Gasteiger partial charge in [0.25, 0.3) is 0 Å². The molecule has 0 aliphatic heterocycles. The van der Waals surface area contributed by atoms with Crippen molar-refractivity contribution in [3.05, 3.63) is 188 Å². The van der Waals surface area contributed by atoms with E-state index in [1.165, 1.54) is 0 Å². The summed E-state index contributed by atoms with van der Waals surface area (Å²) in [6, 6.07) is 53.4. The maximum Gasteiger partial charge on any atom is 0.164 e. The number of fused-ring (bicyclic) bond motifs is 2. The summed E-state index contributed by atoms with van der Waals surface area (Å²) in [5.74, 6) is 0.868. The standard InChI is InChI=1S/C47H31N3/c1-3-12-32(13-4-1)35-18-9-20-41(30-35)45-48-46(50-47(49-45)44-23-11-17-34-16-7-8-22-43(34)44)42-21-10-19-36(31-42)38-26-27-39-28-37(24-25-40(39)29-38)33-14-5-2-6-15-33/h1-31H/i10D,19D,21D,31D. The van der Waals surface area contributed by atoms with Crippen molar-refractivity contribution in [2.24, 2.45) is 0 Å².